The molecule has 0 saturated carbocycles. The Hall–Kier alpha value is -3.06. The molecule has 0 radical (unpaired) electrons. The Labute approximate surface area is 160 Å². The minimum Gasteiger partial charge on any atom is -0.449 e. The van der Waals surface area contributed by atoms with Gasteiger partial charge in [-0.25, -0.2) is 19.7 Å². The van der Waals surface area contributed by atoms with Gasteiger partial charge < -0.3 is 10.1 Å². The Bertz CT molecular complexity index is 1020. The summed E-state index contributed by atoms with van der Waals surface area (Å²) in [6, 6.07) is 8.05. The van der Waals surface area contributed by atoms with Gasteiger partial charge in [-0.3, -0.25) is 4.79 Å². The number of aryl methyl sites for hydroxylation is 2. The molecule has 2 heterocycles. The van der Waals surface area contributed by atoms with E-state index in [0.717, 1.165) is 11.4 Å². The normalized spacial score (nSPS) is 11.9. The zero-order valence-corrected chi connectivity index (χ0v) is 15.7. The van der Waals surface area contributed by atoms with E-state index in [0.29, 0.717) is 27.4 Å². The number of fused-ring (bicyclic) bond motifs is 1. The van der Waals surface area contributed by atoms with Crippen LogP contribution in [0.2, 0.25) is 5.02 Å². The number of nitrogens with one attached hydrogen (secondary N) is 1. The van der Waals surface area contributed by atoms with E-state index in [1.807, 2.05) is 13.8 Å². The summed E-state index contributed by atoms with van der Waals surface area (Å²) in [5.41, 5.74) is 3.20. The number of esters is 1. The molecule has 0 bridgehead atoms. The summed E-state index contributed by atoms with van der Waals surface area (Å²) in [4.78, 5) is 37.4. The first-order valence-corrected chi connectivity index (χ1v) is 8.59. The summed E-state index contributed by atoms with van der Waals surface area (Å²) in [6.07, 6.45) is 0.407. The lowest BCUT2D eigenvalue weighted by atomic mass is 10.2. The summed E-state index contributed by atoms with van der Waals surface area (Å²) in [7, 11) is 0. The fourth-order valence-electron chi connectivity index (χ4n) is 2.32. The lowest BCUT2D eigenvalue weighted by Crippen LogP contribution is -2.30. The van der Waals surface area contributed by atoms with Gasteiger partial charge in [-0.15, -0.1) is 0 Å². The SMILES string of the molecule is Cc1nc2ccc(C(=O)O[C@H](C)C(=O)Nc3ccc(Cl)cn3)cc2nc1C. The first-order valence-electron chi connectivity index (χ1n) is 8.22. The van der Waals surface area contributed by atoms with Gasteiger partial charge in [0.05, 0.1) is 33.0 Å². The molecule has 0 aliphatic rings. The van der Waals surface area contributed by atoms with Crippen molar-refractivity contribution in [3.8, 4) is 0 Å². The second kappa shape index (κ2) is 7.67. The molecule has 1 amide bonds. The van der Waals surface area contributed by atoms with E-state index in [4.69, 9.17) is 16.3 Å². The molecule has 1 N–H and O–H groups in total. The molecule has 0 aliphatic carbocycles. The van der Waals surface area contributed by atoms with Crippen molar-refractivity contribution in [1.29, 1.82) is 0 Å². The molecule has 0 unspecified atom stereocenters. The zero-order valence-electron chi connectivity index (χ0n) is 15.0. The topological polar surface area (TPSA) is 94.1 Å². The summed E-state index contributed by atoms with van der Waals surface area (Å²) in [5, 5.41) is 3.02. The van der Waals surface area contributed by atoms with Crippen molar-refractivity contribution >= 4 is 40.3 Å². The highest BCUT2D eigenvalue weighted by molar-refractivity contribution is 6.30. The maximum Gasteiger partial charge on any atom is 0.338 e. The van der Waals surface area contributed by atoms with Gasteiger partial charge in [0, 0.05) is 6.20 Å². The van der Waals surface area contributed by atoms with Crippen molar-refractivity contribution in [3.05, 3.63) is 58.5 Å². The van der Waals surface area contributed by atoms with Crippen LogP contribution in [0.15, 0.2) is 36.5 Å². The van der Waals surface area contributed by atoms with Crippen LogP contribution < -0.4 is 5.32 Å². The molecule has 7 nitrogen and oxygen atoms in total. The predicted octanol–water partition coefficient (Wildman–Crippen LogP) is 3.48. The number of hydrogen-bond acceptors (Lipinski definition) is 6. The minimum absolute atomic E-state index is 0.296. The highest BCUT2D eigenvalue weighted by Crippen LogP contribution is 2.16. The van der Waals surface area contributed by atoms with Crippen LogP contribution in [0, 0.1) is 13.8 Å². The zero-order chi connectivity index (χ0) is 19.6. The number of halogens is 1. The summed E-state index contributed by atoms with van der Waals surface area (Å²) < 4.78 is 5.24. The molecule has 27 heavy (non-hydrogen) atoms. The van der Waals surface area contributed by atoms with Crippen LogP contribution in [-0.2, 0) is 9.53 Å². The van der Waals surface area contributed by atoms with Crippen LogP contribution in [0.25, 0.3) is 11.0 Å². The van der Waals surface area contributed by atoms with E-state index >= 15 is 0 Å². The van der Waals surface area contributed by atoms with E-state index in [-0.39, 0.29) is 0 Å². The third kappa shape index (κ3) is 4.38. The van der Waals surface area contributed by atoms with E-state index in [1.165, 1.54) is 13.1 Å². The van der Waals surface area contributed by atoms with Gasteiger partial charge in [0.2, 0.25) is 0 Å². The van der Waals surface area contributed by atoms with Crippen LogP contribution in [-0.4, -0.2) is 32.9 Å². The summed E-state index contributed by atoms with van der Waals surface area (Å²) in [6.45, 7) is 5.21. The third-order valence-electron chi connectivity index (χ3n) is 3.94. The molecule has 0 spiro atoms. The van der Waals surface area contributed by atoms with Gasteiger partial charge in [0.1, 0.15) is 5.82 Å². The van der Waals surface area contributed by atoms with Crippen LogP contribution >= 0.6 is 11.6 Å². The number of hydrogen-bond donors (Lipinski definition) is 1. The molecule has 3 aromatic rings. The maximum absolute atomic E-state index is 12.4. The smallest absolute Gasteiger partial charge is 0.338 e. The number of carbonyl (C=O) groups is 2. The molecule has 0 fully saturated rings. The maximum atomic E-state index is 12.4. The lowest BCUT2D eigenvalue weighted by Gasteiger charge is -2.13. The van der Waals surface area contributed by atoms with Crippen molar-refractivity contribution in [2.45, 2.75) is 26.9 Å². The van der Waals surface area contributed by atoms with Crippen molar-refractivity contribution in [3.63, 3.8) is 0 Å². The molecule has 138 valence electrons. The Kier molecular flexibility index (Phi) is 5.32. The average Bonchev–Trinajstić information content (AvgIpc) is 2.64. The fraction of sp³-hybridized carbons (Fsp3) is 0.211. The number of nitrogens with zero attached hydrogens (tertiary/aromatic N) is 3. The number of rotatable bonds is 4. The van der Waals surface area contributed by atoms with E-state index in [1.54, 1.807) is 30.3 Å². The molecule has 1 atom stereocenters. The number of amides is 1. The first-order chi connectivity index (χ1) is 12.8. The van der Waals surface area contributed by atoms with Crippen LogP contribution in [0.3, 0.4) is 0 Å². The molecular formula is C19H17ClN4O3. The van der Waals surface area contributed by atoms with Crippen molar-refractivity contribution < 1.29 is 14.3 Å². The monoisotopic (exact) mass is 384 g/mol. The predicted molar refractivity (Wildman–Crippen MR) is 102 cm³/mol. The van der Waals surface area contributed by atoms with Gasteiger partial charge in [0.25, 0.3) is 5.91 Å². The van der Waals surface area contributed by atoms with Crippen molar-refractivity contribution in [1.82, 2.24) is 15.0 Å². The molecule has 0 aliphatic heterocycles. The average molecular weight is 385 g/mol. The molecule has 3 rings (SSSR count). The molecule has 2 aromatic heterocycles. The van der Waals surface area contributed by atoms with Crippen LogP contribution in [0.5, 0.6) is 0 Å². The number of anilines is 1. The Morgan fingerprint density at radius 2 is 1.78 bits per heavy atom. The second-order valence-corrected chi connectivity index (χ2v) is 6.43. The lowest BCUT2D eigenvalue weighted by molar-refractivity contribution is -0.123. The van der Waals surface area contributed by atoms with Crippen molar-refractivity contribution in [2.24, 2.45) is 0 Å². The minimum atomic E-state index is -1.00. The Balaban J connectivity index is 1.70. The molecule has 8 heteroatoms. The van der Waals surface area contributed by atoms with Gasteiger partial charge in [0.15, 0.2) is 6.10 Å². The number of ether oxygens (including phenoxy) is 1. The summed E-state index contributed by atoms with van der Waals surface area (Å²) in [5.74, 6) is -0.798. The number of benzene rings is 1. The van der Waals surface area contributed by atoms with Gasteiger partial charge in [-0.05, 0) is 51.1 Å². The highest BCUT2D eigenvalue weighted by Gasteiger charge is 2.20. The molecule has 0 saturated heterocycles. The van der Waals surface area contributed by atoms with Crippen LogP contribution in [0.4, 0.5) is 5.82 Å². The number of pyridine rings is 1. The van der Waals surface area contributed by atoms with Gasteiger partial charge in [-0.1, -0.05) is 11.6 Å². The largest absolute Gasteiger partial charge is 0.449 e. The standard InChI is InChI=1S/C19H17ClN4O3/c1-10-11(2)23-16-8-13(4-6-15(16)22-10)19(26)27-12(3)18(25)24-17-7-5-14(20)9-21-17/h4-9,12H,1-3H3,(H,21,24,25)/t12-/m1/s1. The fourth-order valence-corrected chi connectivity index (χ4v) is 2.43. The van der Waals surface area contributed by atoms with E-state index < -0.39 is 18.0 Å². The van der Waals surface area contributed by atoms with Gasteiger partial charge >= 0.3 is 5.97 Å². The van der Waals surface area contributed by atoms with E-state index in [9.17, 15) is 9.59 Å². The first kappa shape index (κ1) is 18.7. The van der Waals surface area contributed by atoms with Crippen LogP contribution in [0.1, 0.15) is 28.7 Å². The highest BCUT2D eigenvalue weighted by atomic mass is 35.5. The second-order valence-electron chi connectivity index (χ2n) is 6.00. The number of aromatic nitrogens is 3. The van der Waals surface area contributed by atoms with Crippen molar-refractivity contribution in [2.75, 3.05) is 5.32 Å². The Morgan fingerprint density at radius 1 is 1.07 bits per heavy atom. The molecular weight excluding hydrogens is 368 g/mol. The van der Waals surface area contributed by atoms with E-state index in [2.05, 4.69) is 20.3 Å². The third-order valence-corrected chi connectivity index (χ3v) is 4.17. The Morgan fingerprint density at radius 3 is 2.44 bits per heavy atom. The quantitative estimate of drug-likeness (QED) is 0.692. The number of carbonyl (C=O) groups excluding carboxylic acids is 2. The van der Waals surface area contributed by atoms with Gasteiger partial charge in [-0.2, -0.15) is 0 Å². The molecule has 1 aromatic carbocycles. The summed E-state index contributed by atoms with van der Waals surface area (Å²) >= 11 is 5.75.